The maximum absolute atomic E-state index is 14.2. The van der Waals surface area contributed by atoms with Crippen molar-refractivity contribution in [1.29, 1.82) is 0 Å². The number of likely N-dealkylation sites (tertiary alicyclic amines) is 2. The number of amides is 2. The van der Waals surface area contributed by atoms with Gasteiger partial charge in [0, 0.05) is 38.2 Å². The Morgan fingerprint density at radius 2 is 2.12 bits per heavy atom. The van der Waals surface area contributed by atoms with Crippen molar-refractivity contribution in [3.05, 3.63) is 29.6 Å². The van der Waals surface area contributed by atoms with Crippen LogP contribution in [0.25, 0.3) is 0 Å². The van der Waals surface area contributed by atoms with Gasteiger partial charge in [-0.3, -0.25) is 9.59 Å². The predicted octanol–water partition coefficient (Wildman–Crippen LogP) is 2.45. The number of hydrogen-bond acceptors (Lipinski definition) is 3. The van der Waals surface area contributed by atoms with Gasteiger partial charge in [0.2, 0.25) is 5.91 Å². The number of piperidine rings is 1. The topological polar surface area (TPSA) is 49.9 Å². The Labute approximate surface area is 141 Å². The van der Waals surface area contributed by atoms with E-state index in [4.69, 9.17) is 4.74 Å². The monoisotopic (exact) mass is 334 g/mol. The van der Waals surface area contributed by atoms with Gasteiger partial charge in [0.1, 0.15) is 11.6 Å². The van der Waals surface area contributed by atoms with Gasteiger partial charge in [0.25, 0.3) is 5.91 Å². The number of carbonyl (C=O) groups excluding carboxylic acids is 2. The molecule has 0 N–H and O–H groups in total. The summed E-state index contributed by atoms with van der Waals surface area (Å²) in [6.07, 6.45) is 4.27. The quantitative estimate of drug-likeness (QED) is 0.850. The molecule has 130 valence electrons. The molecule has 2 aliphatic rings. The summed E-state index contributed by atoms with van der Waals surface area (Å²) in [7, 11) is 1.46. The molecule has 2 heterocycles. The molecule has 2 fully saturated rings. The summed E-state index contributed by atoms with van der Waals surface area (Å²) in [6.45, 7) is 1.92. The third-order valence-electron chi connectivity index (χ3n) is 4.90. The first-order chi connectivity index (χ1) is 11.6. The van der Waals surface area contributed by atoms with Crippen LogP contribution < -0.4 is 4.74 Å². The Morgan fingerprint density at radius 1 is 1.29 bits per heavy atom. The molecule has 1 aromatic carbocycles. The summed E-state index contributed by atoms with van der Waals surface area (Å²) < 4.78 is 19.2. The average molecular weight is 334 g/mol. The van der Waals surface area contributed by atoms with Crippen LogP contribution in [-0.2, 0) is 4.79 Å². The Balaban J connectivity index is 1.77. The first-order valence-electron chi connectivity index (χ1n) is 8.52. The van der Waals surface area contributed by atoms with Crippen molar-refractivity contribution in [2.45, 2.75) is 38.1 Å². The summed E-state index contributed by atoms with van der Waals surface area (Å²) in [4.78, 5) is 28.3. The predicted molar refractivity (Wildman–Crippen MR) is 87.4 cm³/mol. The second kappa shape index (κ2) is 7.20. The standard InChI is InChI=1S/C18H23FN2O3/c1-24-14-7-8-15(16(19)11-14)18(23)21-10-3-2-5-13(21)12-20-9-4-6-17(20)22/h7-8,11,13H,2-6,9-10,12H2,1H3. The van der Waals surface area contributed by atoms with Crippen LogP contribution in [0.5, 0.6) is 5.75 Å². The fourth-order valence-electron chi connectivity index (χ4n) is 3.56. The van der Waals surface area contributed by atoms with Gasteiger partial charge in [0.05, 0.1) is 12.7 Å². The number of methoxy groups -OCH3 is 1. The van der Waals surface area contributed by atoms with E-state index in [2.05, 4.69) is 0 Å². The largest absolute Gasteiger partial charge is 0.497 e. The first kappa shape index (κ1) is 16.7. The van der Waals surface area contributed by atoms with Crippen molar-refractivity contribution in [3.8, 4) is 5.75 Å². The lowest BCUT2D eigenvalue weighted by atomic mass is 10.00. The Morgan fingerprint density at radius 3 is 2.79 bits per heavy atom. The summed E-state index contributed by atoms with van der Waals surface area (Å²) in [5, 5.41) is 0. The Hall–Kier alpha value is -2.11. The highest BCUT2D eigenvalue weighted by Gasteiger charge is 2.32. The highest BCUT2D eigenvalue weighted by molar-refractivity contribution is 5.95. The van der Waals surface area contributed by atoms with Gasteiger partial charge >= 0.3 is 0 Å². The van der Waals surface area contributed by atoms with E-state index < -0.39 is 5.82 Å². The van der Waals surface area contributed by atoms with Crippen molar-refractivity contribution in [2.75, 3.05) is 26.7 Å². The molecular weight excluding hydrogens is 311 g/mol. The van der Waals surface area contributed by atoms with Crippen LogP contribution in [0.1, 0.15) is 42.5 Å². The minimum Gasteiger partial charge on any atom is -0.497 e. The van der Waals surface area contributed by atoms with Crippen molar-refractivity contribution < 1.29 is 18.7 Å². The number of hydrogen-bond donors (Lipinski definition) is 0. The number of carbonyl (C=O) groups is 2. The van der Waals surface area contributed by atoms with E-state index in [-0.39, 0.29) is 23.4 Å². The molecule has 0 spiro atoms. The van der Waals surface area contributed by atoms with Gasteiger partial charge < -0.3 is 14.5 Å². The van der Waals surface area contributed by atoms with Crippen LogP contribution in [0.2, 0.25) is 0 Å². The van der Waals surface area contributed by atoms with Crippen LogP contribution in [0, 0.1) is 5.82 Å². The Kier molecular flexibility index (Phi) is 5.02. The molecule has 0 radical (unpaired) electrons. The molecule has 3 rings (SSSR count). The van der Waals surface area contributed by atoms with Gasteiger partial charge in [-0.1, -0.05) is 0 Å². The SMILES string of the molecule is COc1ccc(C(=O)N2CCCCC2CN2CCCC2=O)c(F)c1. The van der Waals surface area contributed by atoms with Crippen molar-refractivity contribution >= 4 is 11.8 Å². The van der Waals surface area contributed by atoms with Gasteiger partial charge in [-0.2, -0.15) is 0 Å². The maximum atomic E-state index is 14.2. The van der Waals surface area contributed by atoms with Crippen LogP contribution in [0.3, 0.4) is 0 Å². The maximum Gasteiger partial charge on any atom is 0.257 e. The zero-order valence-corrected chi connectivity index (χ0v) is 14.0. The molecule has 0 bridgehead atoms. The van der Waals surface area contributed by atoms with Crippen LogP contribution in [-0.4, -0.2) is 54.4 Å². The highest BCUT2D eigenvalue weighted by Crippen LogP contribution is 2.24. The number of ether oxygens (including phenoxy) is 1. The fourth-order valence-corrected chi connectivity index (χ4v) is 3.56. The fraction of sp³-hybridized carbons (Fsp3) is 0.556. The van der Waals surface area contributed by atoms with Crippen molar-refractivity contribution in [1.82, 2.24) is 9.80 Å². The van der Waals surface area contributed by atoms with Crippen molar-refractivity contribution in [3.63, 3.8) is 0 Å². The molecule has 1 aromatic rings. The molecule has 2 amide bonds. The summed E-state index contributed by atoms with van der Waals surface area (Å²) >= 11 is 0. The van der Waals surface area contributed by atoms with Crippen LogP contribution in [0.15, 0.2) is 18.2 Å². The molecule has 0 aromatic heterocycles. The zero-order valence-electron chi connectivity index (χ0n) is 14.0. The smallest absolute Gasteiger partial charge is 0.257 e. The van der Waals surface area contributed by atoms with E-state index in [9.17, 15) is 14.0 Å². The molecule has 0 aliphatic carbocycles. The van der Waals surface area contributed by atoms with Gasteiger partial charge in [-0.25, -0.2) is 4.39 Å². The van der Waals surface area contributed by atoms with E-state index in [0.29, 0.717) is 25.3 Å². The molecule has 1 atom stereocenters. The molecule has 1 unspecified atom stereocenters. The first-order valence-corrected chi connectivity index (χ1v) is 8.52. The van der Waals surface area contributed by atoms with Crippen molar-refractivity contribution in [2.24, 2.45) is 0 Å². The van der Waals surface area contributed by atoms with E-state index in [1.165, 1.54) is 19.2 Å². The third kappa shape index (κ3) is 3.37. The minimum absolute atomic E-state index is 0.0326. The van der Waals surface area contributed by atoms with E-state index in [1.807, 2.05) is 4.90 Å². The third-order valence-corrected chi connectivity index (χ3v) is 4.90. The summed E-state index contributed by atoms with van der Waals surface area (Å²) in [6, 6.07) is 4.27. The molecule has 5 nitrogen and oxygen atoms in total. The minimum atomic E-state index is -0.569. The number of benzene rings is 1. The number of rotatable bonds is 4. The zero-order chi connectivity index (χ0) is 17.1. The van der Waals surface area contributed by atoms with Crippen LogP contribution in [0.4, 0.5) is 4.39 Å². The molecule has 24 heavy (non-hydrogen) atoms. The van der Waals surface area contributed by atoms with E-state index in [1.54, 1.807) is 11.0 Å². The van der Waals surface area contributed by atoms with E-state index >= 15 is 0 Å². The lowest BCUT2D eigenvalue weighted by Gasteiger charge is -2.38. The molecule has 2 aliphatic heterocycles. The second-order valence-electron chi connectivity index (χ2n) is 6.44. The van der Waals surface area contributed by atoms with E-state index in [0.717, 1.165) is 32.2 Å². The lowest BCUT2D eigenvalue weighted by Crippen LogP contribution is -2.49. The normalized spacial score (nSPS) is 21.2. The van der Waals surface area contributed by atoms with Crippen LogP contribution >= 0.6 is 0 Å². The summed E-state index contributed by atoms with van der Waals surface area (Å²) in [5.74, 6) is -0.321. The lowest BCUT2D eigenvalue weighted by molar-refractivity contribution is -0.128. The number of nitrogens with zero attached hydrogens (tertiary/aromatic N) is 2. The average Bonchev–Trinajstić information content (AvgIpc) is 2.99. The molecule has 2 saturated heterocycles. The second-order valence-corrected chi connectivity index (χ2v) is 6.44. The summed E-state index contributed by atoms with van der Waals surface area (Å²) in [5.41, 5.74) is 0.0652. The molecule has 0 saturated carbocycles. The van der Waals surface area contributed by atoms with Gasteiger partial charge in [-0.15, -0.1) is 0 Å². The number of halogens is 1. The van der Waals surface area contributed by atoms with Gasteiger partial charge in [0.15, 0.2) is 0 Å². The Bertz CT molecular complexity index is 635. The molecular formula is C18H23FN2O3. The molecule has 6 heteroatoms. The van der Waals surface area contributed by atoms with Gasteiger partial charge in [-0.05, 0) is 37.8 Å². The highest BCUT2D eigenvalue weighted by atomic mass is 19.1.